The van der Waals surface area contributed by atoms with E-state index in [1.807, 2.05) is 6.07 Å². The average Bonchev–Trinajstić information content (AvgIpc) is 2.76. The highest BCUT2D eigenvalue weighted by atomic mass is 16.5. The van der Waals surface area contributed by atoms with Crippen LogP contribution in [0.5, 0.6) is 0 Å². The highest BCUT2D eigenvalue weighted by Gasteiger charge is 2.26. The molecule has 5 heteroatoms. The number of hydrogen-bond donors (Lipinski definition) is 2. The van der Waals surface area contributed by atoms with Crippen molar-refractivity contribution < 1.29 is 4.74 Å². The van der Waals surface area contributed by atoms with Crippen molar-refractivity contribution in [1.29, 1.82) is 0 Å². The van der Waals surface area contributed by atoms with Gasteiger partial charge < -0.3 is 15.8 Å². The molecule has 2 heterocycles. The fourth-order valence-electron chi connectivity index (χ4n) is 2.05. The van der Waals surface area contributed by atoms with Crippen molar-refractivity contribution >= 4 is 11.6 Å². The zero-order valence-corrected chi connectivity index (χ0v) is 9.52. The van der Waals surface area contributed by atoms with E-state index in [0.29, 0.717) is 17.8 Å². The zero-order valence-electron chi connectivity index (χ0n) is 9.52. The summed E-state index contributed by atoms with van der Waals surface area (Å²) in [4.78, 5) is 0. The molecule has 1 aliphatic heterocycles. The molecule has 2 unspecified atom stereocenters. The van der Waals surface area contributed by atoms with Gasteiger partial charge in [-0.3, -0.25) is 0 Å². The van der Waals surface area contributed by atoms with Crippen LogP contribution in [-0.2, 0) is 4.74 Å². The second-order valence-corrected chi connectivity index (χ2v) is 4.09. The van der Waals surface area contributed by atoms with Gasteiger partial charge in [-0.1, -0.05) is 6.92 Å². The first kappa shape index (κ1) is 11.1. The highest BCUT2D eigenvalue weighted by molar-refractivity contribution is 5.38. The lowest BCUT2D eigenvalue weighted by Crippen LogP contribution is -2.23. The van der Waals surface area contributed by atoms with Crippen LogP contribution < -0.4 is 11.1 Å². The number of rotatable bonds is 4. The van der Waals surface area contributed by atoms with Gasteiger partial charge in [-0.05, 0) is 25.0 Å². The Balaban J connectivity index is 1.85. The molecule has 0 amide bonds. The minimum atomic E-state index is 0.384. The van der Waals surface area contributed by atoms with Gasteiger partial charge in [0.25, 0.3) is 0 Å². The van der Waals surface area contributed by atoms with Crippen LogP contribution in [0, 0.1) is 5.92 Å². The molecular formula is C11H18N4O. The van der Waals surface area contributed by atoms with E-state index in [4.69, 9.17) is 10.5 Å². The molecule has 1 fully saturated rings. The lowest BCUT2D eigenvalue weighted by Gasteiger charge is -2.17. The number of nitrogen functional groups attached to an aromatic ring is 1. The Labute approximate surface area is 95.4 Å². The smallest absolute Gasteiger partial charge is 0.148 e. The third-order valence-electron chi connectivity index (χ3n) is 2.98. The van der Waals surface area contributed by atoms with Gasteiger partial charge in [-0.15, -0.1) is 10.2 Å². The van der Waals surface area contributed by atoms with Crippen molar-refractivity contribution in [3.63, 3.8) is 0 Å². The summed E-state index contributed by atoms with van der Waals surface area (Å²) in [5.41, 5.74) is 5.47. The first-order chi connectivity index (χ1) is 7.79. The summed E-state index contributed by atoms with van der Waals surface area (Å²) in [5.74, 6) is 1.79. The lowest BCUT2D eigenvalue weighted by molar-refractivity contribution is 0.0900. The molecule has 5 nitrogen and oxygen atoms in total. The molecule has 0 aromatic carbocycles. The third kappa shape index (κ3) is 2.61. The highest BCUT2D eigenvalue weighted by Crippen LogP contribution is 2.23. The van der Waals surface area contributed by atoms with Crippen LogP contribution in [0.15, 0.2) is 12.1 Å². The molecule has 1 aliphatic rings. The number of nitrogens with two attached hydrogens (primary N) is 1. The van der Waals surface area contributed by atoms with Crippen molar-refractivity contribution in [1.82, 2.24) is 10.2 Å². The topological polar surface area (TPSA) is 73.1 Å². The minimum absolute atomic E-state index is 0.384. The van der Waals surface area contributed by atoms with E-state index in [9.17, 15) is 0 Å². The molecule has 1 aromatic rings. The summed E-state index contributed by atoms with van der Waals surface area (Å²) in [6, 6.07) is 3.59. The third-order valence-corrected chi connectivity index (χ3v) is 2.98. The van der Waals surface area contributed by atoms with Gasteiger partial charge in [0.05, 0.1) is 6.10 Å². The Morgan fingerprint density at radius 3 is 3.06 bits per heavy atom. The van der Waals surface area contributed by atoms with Crippen molar-refractivity contribution in [3.05, 3.63) is 12.1 Å². The Morgan fingerprint density at radius 2 is 2.38 bits per heavy atom. The molecule has 1 saturated heterocycles. The summed E-state index contributed by atoms with van der Waals surface area (Å²) in [6.07, 6.45) is 2.57. The maximum Gasteiger partial charge on any atom is 0.148 e. The van der Waals surface area contributed by atoms with Gasteiger partial charge in [0.1, 0.15) is 11.6 Å². The number of ether oxygens (including phenoxy) is 1. The minimum Gasteiger partial charge on any atom is -0.382 e. The largest absolute Gasteiger partial charge is 0.382 e. The molecule has 3 N–H and O–H groups in total. The van der Waals surface area contributed by atoms with Gasteiger partial charge in [0, 0.05) is 19.1 Å². The van der Waals surface area contributed by atoms with E-state index in [-0.39, 0.29) is 0 Å². The van der Waals surface area contributed by atoms with Crippen LogP contribution in [0.2, 0.25) is 0 Å². The molecule has 0 radical (unpaired) electrons. The molecular weight excluding hydrogens is 204 g/mol. The molecule has 0 spiro atoms. The van der Waals surface area contributed by atoms with Crippen molar-refractivity contribution in [2.45, 2.75) is 25.9 Å². The van der Waals surface area contributed by atoms with E-state index < -0.39 is 0 Å². The normalized spacial score (nSPS) is 24.6. The first-order valence-electron chi connectivity index (χ1n) is 5.74. The van der Waals surface area contributed by atoms with Crippen LogP contribution in [0.25, 0.3) is 0 Å². The molecule has 88 valence electrons. The molecule has 0 aliphatic carbocycles. The van der Waals surface area contributed by atoms with Crippen molar-refractivity contribution in [2.75, 3.05) is 24.2 Å². The zero-order chi connectivity index (χ0) is 11.4. The van der Waals surface area contributed by atoms with E-state index >= 15 is 0 Å². The van der Waals surface area contributed by atoms with Gasteiger partial charge >= 0.3 is 0 Å². The first-order valence-corrected chi connectivity index (χ1v) is 5.74. The predicted octanol–water partition coefficient (Wildman–Crippen LogP) is 1.29. The Morgan fingerprint density at radius 1 is 1.50 bits per heavy atom. The van der Waals surface area contributed by atoms with E-state index in [0.717, 1.165) is 31.8 Å². The maximum absolute atomic E-state index is 5.63. The quantitative estimate of drug-likeness (QED) is 0.803. The van der Waals surface area contributed by atoms with Crippen LogP contribution in [0.3, 0.4) is 0 Å². The predicted molar refractivity (Wildman–Crippen MR) is 63.1 cm³/mol. The molecule has 0 bridgehead atoms. The summed E-state index contributed by atoms with van der Waals surface area (Å²) >= 11 is 0. The van der Waals surface area contributed by atoms with Crippen LogP contribution >= 0.6 is 0 Å². The lowest BCUT2D eigenvalue weighted by atomic mass is 10.00. The number of aromatic nitrogens is 2. The van der Waals surface area contributed by atoms with Gasteiger partial charge in [-0.25, -0.2) is 0 Å². The van der Waals surface area contributed by atoms with Crippen LogP contribution in [0.4, 0.5) is 11.6 Å². The van der Waals surface area contributed by atoms with E-state index in [1.54, 1.807) is 6.07 Å². The monoisotopic (exact) mass is 222 g/mol. The molecule has 16 heavy (non-hydrogen) atoms. The average molecular weight is 222 g/mol. The van der Waals surface area contributed by atoms with Crippen molar-refractivity contribution in [2.24, 2.45) is 5.92 Å². The van der Waals surface area contributed by atoms with Crippen LogP contribution in [0.1, 0.15) is 19.8 Å². The number of nitrogens with zero attached hydrogens (tertiary/aromatic N) is 2. The maximum atomic E-state index is 5.63. The Kier molecular flexibility index (Phi) is 3.56. The molecule has 0 saturated carbocycles. The number of anilines is 2. The summed E-state index contributed by atoms with van der Waals surface area (Å²) in [5, 5.41) is 11.0. The Bertz CT molecular complexity index is 327. The fourth-order valence-corrected chi connectivity index (χ4v) is 2.05. The molecule has 1 aromatic heterocycles. The van der Waals surface area contributed by atoms with Gasteiger partial charge in [-0.2, -0.15) is 0 Å². The Hall–Kier alpha value is -1.36. The SMILES string of the molecule is CCC1OCCC1CNc1ccc(N)nn1. The number of nitrogens with one attached hydrogen (secondary N) is 1. The standard InChI is InChI=1S/C11H18N4O/c1-2-9-8(5-6-16-9)7-13-11-4-3-10(12)14-15-11/h3-4,8-9H,2,5-7H2,1H3,(H2,12,14)(H,13,15). The summed E-state index contributed by atoms with van der Waals surface area (Å²) in [6.45, 7) is 3.92. The van der Waals surface area contributed by atoms with Crippen LogP contribution in [-0.4, -0.2) is 29.5 Å². The summed E-state index contributed by atoms with van der Waals surface area (Å²) in [7, 11) is 0. The summed E-state index contributed by atoms with van der Waals surface area (Å²) < 4.78 is 5.63. The second kappa shape index (κ2) is 5.12. The van der Waals surface area contributed by atoms with Crippen molar-refractivity contribution in [3.8, 4) is 0 Å². The van der Waals surface area contributed by atoms with E-state index in [2.05, 4.69) is 22.4 Å². The van der Waals surface area contributed by atoms with E-state index in [1.165, 1.54) is 0 Å². The second-order valence-electron chi connectivity index (χ2n) is 4.09. The number of hydrogen-bond acceptors (Lipinski definition) is 5. The molecule has 2 atom stereocenters. The van der Waals surface area contributed by atoms with Gasteiger partial charge in [0.15, 0.2) is 0 Å². The molecule has 2 rings (SSSR count). The van der Waals surface area contributed by atoms with Gasteiger partial charge in [0.2, 0.25) is 0 Å². The fraction of sp³-hybridized carbons (Fsp3) is 0.636.